The molecule has 1 amide bonds. The molecule has 0 bridgehead atoms. The summed E-state index contributed by atoms with van der Waals surface area (Å²) in [5, 5.41) is 8.71. The van der Waals surface area contributed by atoms with E-state index in [4.69, 9.17) is 5.26 Å². The van der Waals surface area contributed by atoms with Crippen molar-refractivity contribution in [1.29, 1.82) is 5.26 Å². The predicted octanol–water partition coefficient (Wildman–Crippen LogP) is 2.28. The molecule has 0 saturated heterocycles. The van der Waals surface area contributed by atoms with Crippen molar-refractivity contribution in [3.05, 3.63) is 30.3 Å². The SMILES string of the molecule is CN(C)C(=O)CCCN(CCC#N)c1ccccc1. The monoisotopic (exact) mass is 259 g/mol. The Morgan fingerprint density at radius 1 is 1.21 bits per heavy atom. The number of para-hydroxylation sites is 1. The molecule has 1 aromatic carbocycles. The van der Waals surface area contributed by atoms with Crippen LogP contribution < -0.4 is 4.90 Å². The fourth-order valence-electron chi connectivity index (χ4n) is 1.84. The minimum Gasteiger partial charge on any atom is -0.370 e. The lowest BCUT2D eigenvalue weighted by molar-refractivity contribution is -0.128. The van der Waals surface area contributed by atoms with Crippen molar-refractivity contribution in [3.8, 4) is 6.07 Å². The molecule has 102 valence electrons. The van der Waals surface area contributed by atoms with Gasteiger partial charge in [-0.3, -0.25) is 4.79 Å². The summed E-state index contributed by atoms with van der Waals surface area (Å²) in [5.41, 5.74) is 1.11. The van der Waals surface area contributed by atoms with Crippen LogP contribution in [0.3, 0.4) is 0 Å². The summed E-state index contributed by atoms with van der Waals surface area (Å²) in [7, 11) is 3.54. The van der Waals surface area contributed by atoms with Gasteiger partial charge in [-0.25, -0.2) is 0 Å². The smallest absolute Gasteiger partial charge is 0.222 e. The number of nitriles is 1. The van der Waals surface area contributed by atoms with Crippen molar-refractivity contribution < 1.29 is 4.79 Å². The van der Waals surface area contributed by atoms with Crippen molar-refractivity contribution in [2.24, 2.45) is 0 Å². The van der Waals surface area contributed by atoms with Crippen molar-refractivity contribution in [1.82, 2.24) is 4.90 Å². The van der Waals surface area contributed by atoms with E-state index in [-0.39, 0.29) is 5.91 Å². The van der Waals surface area contributed by atoms with Gasteiger partial charge in [0, 0.05) is 39.3 Å². The highest BCUT2D eigenvalue weighted by Gasteiger charge is 2.08. The first-order chi connectivity index (χ1) is 9.15. The van der Waals surface area contributed by atoms with Crippen LogP contribution in [0.2, 0.25) is 0 Å². The van der Waals surface area contributed by atoms with E-state index in [1.807, 2.05) is 30.3 Å². The maximum atomic E-state index is 11.5. The Kier molecular flexibility index (Phi) is 6.45. The molecule has 0 heterocycles. The summed E-state index contributed by atoms with van der Waals surface area (Å²) in [6.07, 6.45) is 1.84. The Morgan fingerprint density at radius 3 is 2.47 bits per heavy atom. The molecular formula is C15H21N3O. The van der Waals surface area contributed by atoms with Crippen LogP contribution in [0.25, 0.3) is 0 Å². The lowest BCUT2D eigenvalue weighted by Crippen LogP contribution is -2.27. The standard InChI is InChI=1S/C15H21N3O/c1-17(2)15(19)10-6-12-18(13-7-11-16)14-8-4-3-5-9-14/h3-5,8-9H,6-7,10,12-13H2,1-2H3. The Labute approximate surface area is 115 Å². The zero-order valence-corrected chi connectivity index (χ0v) is 11.7. The molecule has 4 heteroatoms. The second-order valence-electron chi connectivity index (χ2n) is 4.62. The summed E-state index contributed by atoms with van der Waals surface area (Å²) in [5.74, 6) is 0.147. The van der Waals surface area contributed by atoms with Crippen LogP contribution in [0, 0.1) is 11.3 Å². The third-order valence-electron chi connectivity index (χ3n) is 2.93. The molecule has 0 fully saturated rings. The molecule has 0 N–H and O–H groups in total. The van der Waals surface area contributed by atoms with Crippen LogP contribution in [0.4, 0.5) is 5.69 Å². The second-order valence-corrected chi connectivity index (χ2v) is 4.62. The molecule has 4 nitrogen and oxygen atoms in total. The summed E-state index contributed by atoms with van der Waals surface area (Å²) in [6, 6.07) is 12.2. The summed E-state index contributed by atoms with van der Waals surface area (Å²) >= 11 is 0. The molecular weight excluding hydrogens is 238 g/mol. The largest absolute Gasteiger partial charge is 0.370 e. The third kappa shape index (κ3) is 5.43. The molecule has 0 spiro atoms. The quantitative estimate of drug-likeness (QED) is 0.754. The molecule has 1 aromatic rings. The number of hydrogen-bond acceptors (Lipinski definition) is 3. The number of anilines is 1. The second kappa shape index (κ2) is 8.15. The zero-order valence-electron chi connectivity index (χ0n) is 11.7. The summed E-state index contributed by atoms with van der Waals surface area (Å²) < 4.78 is 0. The van der Waals surface area contributed by atoms with Crippen LogP contribution in [-0.2, 0) is 4.79 Å². The van der Waals surface area contributed by atoms with Gasteiger partial charge in [-0.15, -0.1) is 0 Å². The molecule has 0 unspecified atom stereocenters. The minimum atomic E-state index is 0.147. The third-order valence-corrected chi connectivity index (χ3v) is 2.93. The van der Waals surface area contributed by atoms with Gasteiger partial charge in [-0.1, -0.05) is 18.2 Å². The van der Waals surface area contributed by atoms with E-state index >= 15 is 0 Å². The molecule has 0 aromatic heterocycles. The van der Waals surface area contributed by atoms with E-state index in [1.165, 1.54) is 0 Å². The molecule has 19 heavy (non-hydrogen) atoms. The van der Waals surface area contributed by atoms with E-state index in [9.17, 15) is 4.79 Å². The number of carbonyl (C=O) groups is 1. The number of amides is 1. The number of benzene rings is 1. The lowest BCUT2D eigenvalue weighted by Gasteiger charge is -2.24. The van der Waals surface area contributed by atoms with Gasteiger partial charge >= 0.3 is 0 Å². The van der Waals surface area contributed by atoms with Gasteiger partial charge < -0.3 is 9.80 Å². The average molecular weight is 259 g/mol. The molecule has 0 radical (unpaired) electrons. The number of hydrogen-bond donors (Lipinski definition) is 0. The number of carbonyl (C=O) groups excluding carboxylic acids is 1. The van der Waals surface area contributed by atoms with Gasteiger partial charge in [-0.2, -0.15) is 5.26 Å². The van der Waals surface area contributed by atoms with Gasteiger partial charge in [0.2, 0.25) is 5.91 Å². The van der Waals surface area contributed by atoms with E-state index in [1.54, 1.807) is 19.0 Å². The van der Waals surface area contributed by atoms with Gasteiger partial charge in [0.15, 0.2) is 0 Å². The summed E-state index contributed by atoms with van der Waals surface area (Å²) in [4.78, 5) is 15.3. The van der Waals surface area contributed by atoms with Crippen molar-refractivity contribution in [2.45, 2.75) is 19.3 Å². The summed E-state index contributed by atoms with van der Waals surface area (Å²) in [6.45, 7) is 1.50. The molecule has 0 aliphatic rings. The normalized spacial score (nSPS) is 9.74. The van der Waals surface area contributed by atoms with Crippen LogP contribution in [0.1, 0.15) is 19.3 Å². The Balaban J connectivity index is 2.52. The van der Waals surface area contributed by atoms with Crippen LogP contribution in [0.15, 0.2) is 30.3 Å². The van der Waals surface area contributed by atoms with Crippen LogP contribution in [-0.4, -0.2) is 38.0 Å². The maximum absolute atomic E-state index is 11.5. The Hall–Kier alpha value is -2.02. The van der Waals surface area contributed by atoms with E-state index in [2.05, 4.69) is 11.0 Å². The maximum Gasteiger partial charge on any atom is 0.222 e. The van der Waals surface area contributed by atoms with Gasteiger partial charge in [0.1, 0.15) is 0 Å². The Morgan fingerprint density at radius 2 is 1.89 bits per heavy atom. The fourth-order valence-corrected chi connectivity index (χ4v) is 1.84. The van der Waals surface area contributed by atoms with Gasteiger partial charge in [0.05, 0.1) is 12.5 Å². The first-order valence-electron chi connectivity index (χ1n) is 6.52. The van der Waals surface area contributed by atoms with Gasteiger partial charge in [0.25, 0.3) is 0 Å². The van der Waals surface area contributed by atoms with Crippen molar-refractivity contribution in [3.63, 3.8) is 0 Å². The van der Waals surface area contributed by atoms with Gasteiger partial charge in [-0.05, 0) is 18.6 Å². The molecule has 0 aliphatic heterocycles. The van der Waals surface area contributed by atoms with Crippen molar-refractivity contribution in [2.75, 3.05) is 32.1 Å². The van der Waals surface area contributed by atoms with Crippen molar-refractivity contribution >= 4 is 11.6 Å². The molecule has 1 rings (SSSR count). The van der Waals surface area contributed by atoms with Crippen LogP contribution in [0.5, 0.6) is 0 Å². The Bertz CT molecular complexity index is 423. The first kappa shape index (κ1) is 15.0. The van der Waals surface area contributed by atoms with E-state index in [0.717, 1.165) is 18.7 Å². The highest BCUT2D eigenvalue weighted by molar-refractivity contribution is 5.75. The van der Waals surface area contributed by atoms with E-state index in [0.29, 0.717) is 19.4 Å². The van der Waals surface area contributed by atoms with E-state index < -0.39 is 0 Å². The zero-order chi connectivity index (χ0) is 14.1. The van der Waals surface area contributed by atoms with Crippen LogP contribution >= 0.6 is 0 Å². The lowest BCUT2D eigenvalue weighted by atomic mass is 10.2. The fraction of sp³-hybridized carbons (Fsp3) is 0.467. The minimum absolute atomic E-state index is 0.147. The molecule has 0 aliphatic carbocycles. The average Bonchev–Trinajstić information content (AvgIpc) is 2.43. The number of nitrogens with zero attached hydrogens (tertiary/aromatic N) is 3. The highest BCUT2D eigenvalue weighted by atomic mass is 16.2. The predicted molar refractivity (Wildman–Crippen MR) is 76.8 cm³/mol. The topological polar surface area (TPSA) is 47.3 Å². The highest BCUT2D eigenvalue weighted by Crippen LogP contribution is 2.14. The number of rotatable bonds is 7. The first-order valence-corrected chi connectivity index (χ1v) is 6.52. The molecule has 0 saturated carbocycles. The molecule has 0 atom stereocenters.